The minimum Gasteiger partial charge on any atom is -0.443 e. The molecule has 5 nitrogen and oxygen atoms in total. The molecule has 0 aliphatic heterocycles. The number of fused-ring (bicyclic) bond motifs is 1. The highest BCUT2D eigenvalue weighted by Crippen LogP contribution is 2.20. The summed E-state index contributed by atoms with van der Waals surface area (Å²) in [4.78, 5) is 6.12. The average Bonchev–Trinajstić information content (AvgIpc) is 2.75. The maximum Gasteiger partial charge on any atom is 0.181 e. The molecule has 2 rings (SSSR count). The lowest BCUT2D eigenvalue weighted by Gasteiger charge is -2.22. The molecule has 0 saturated heterocycles. The Bertz CT molecular complexity index is 468. The molecule has 1 unspecified atom stereocenters. The number of aromatic nitrogens is 1. The highest BCUT2D eigenvalue weighted by molar-refractivity contribution is 5.77. The largest absolute Gasteiger partial charge is 0.443 e. The summed E-state index contributed by atoms with van der Waals surface area (Å²) in [6.07, 6.45) is 1.44. The van der Waals surface area contributed by atoms with Crippen molar-refractivity contribution in [1.29, 1.82) is 0 Å². The van der Waals surface area contributed by atoms with Gasteiger partial charge in [0.2, 0.25) is 0 Å². The number of nitrogens with zero attached hydrogens (tertiary/aromatic N) is 2. The average molecular weight is 220 g/mol. The molecule has 0 fully saturated rings. The van der Waals surface area contributed by atoms with E-state index in [1.807, 2.05) is 25.2 Å². The van der Waals surface area contributed by atoms with Gasteiger partial charge in [0.05, 0.1) is 0 Å². The highest BCUT2D eigenvalue weighted by Gasteiger charge is 2.07. The quantitative estimate of drug-likeness (QED) is 0.786. The number of nitrogens with two attached hydrogens (primary N) is 2. The van der Waals surface area contributed by atoms with Gasteiger partial charge in [-0.2, -0.15) is 0 Å². The van der Waals surface area contributed by atoms with Crippen LogP contribution < -0.4 is 16.4 Å². The van der Waals surface area contributed by atoms with E-state index >= 15 is 0 Å². The van der Waals surface area contributed by atoms with Gasteiger partial charge in [0, 0.05) is 37.9 Å². The van der Waals surface area contributed by atoms with Crippen LogP contribution in [0, 0.1) is 0 Å². The van der Waals surface area contributed by atoms with Crippen molar-refractivity contribution in [1.82, 2.24) is 4.98 Å². The smallest absolute Gasteiger partial charge is 0.181 e. The number of hydrogen-bond acceptors (Lipinski definition) is 5. The third kappa shape index (κ3) is 2.15. The lowest BCUT2D eigenvalue weighted by molar-refractivity contribution is 0.601. The molecule has 5 heteroatoms. The molecular weight excluding hydrogens is 204 g/mol. The van der Waals surface area contributed by atoms with Gasteiger partial charge in [0.15, 0.2) is 12.0 Å². The van der Waals surface area contributed by atoms with E-state index < -0.39 is 0 Å². The molecule has 1 aromatic carbocycles. The Morgan fingerprint density at radius 2 is 2.31 bits per heavy atom. The van der Waals surface area contributed by atoms with Gasteiger partial charge in [-0.3, -0.25) is 0 Å². The maximum atomic E-state index is 5.80. The van der Waals surface area contributed by atoms with Crippen molar-refractivity contribution in [3.8, 4) is 0 Å². The molecule has 1 heterocycles. The summed E-state index contributed by atoms with van der Waals surface area (Å²) in [7, 11) is 1.98. The van der Waals surface area contributed by atoms with Crippen LogP contribution in [0.15, 0.2) is 29.0 Å². The number of benzene rings is 1. The van der Waals surface area contributed by atoms with Crippen LogP contribution in [-0.4, -0.2) is 31.2 Å². The molecule has 0 spiro atoms. The molecule has 16 heavy (non-hydrogen) atoms. The second-order valence-electron chi connectivity index (χ2n) is 3.88. The number of rotatable bonds is 4. The van der Waals surface area contributed by atoms with Crippen molar-refractivity contribution in [2.24, 2.45) is 11.5 Å². The van der Waals surface area contributed by atoms with E-state index in [-0.39, 0.29) is 6.04 Å². The Morgan fingerprint density at radius 1 is 1.50 bits per heavy atom. The van der Waals surface area contributed by atoms with Gasteiger partial charge in [-0.1, -0.05) is 0 Å². The normalized spacial score (nSPS) is 12.9. The summed E-state index contributed by atoms with van der Waals surface area (Å²) in [6, 6.07) is 5.86. The minimum absolute atomic E-state index is 0.0181. The van der Waals surface area contributed by atoms with E-state index in [0.29, 0.717) is 6.54 Å². The van der Waals surface area contributed by atoms with Crippen LogP contribution in [0.1, 0.15) is 0 Å². The fourth-order valence-electron chi connectivity index (χ4n) is 1.61. The molecule has 0 radical (unpaired) electrons. The Balaban J connectivity index is 2.18. The molecule has 2 aromatic rings. The van der Waals surface area contributed by atoms with Crippen molar-refractivity contribution in [3.05, 3.63) is 24.6 Å². The monoisotopic (exact) mass is 220 g/mol. The number of oxazole rings is 1. The summed E-state index contributed by atoms with van der Waals surface area (Å²) in [6.45, 7) is 1.20. The first-order valence-electron chi connectivity index (χ1n) is 5.20. The minimum atomic E-state index is -0.0181. The van der Waals surface area contributed by atoms with Crippen molar-refractivity contribution in [3.63, 3.8) is 0 Å². The standard InChI is InChI=1S/C11H16N4O/c1-15(6-8(13)5-12)9-2-3-10-11(4-9)16-7-14-10/h2-4,7-8H,5-6,12-13H2,1H3. The molecule has 0 aliphatic carbocycles. The van der Waals surface area contributed by atoms with Crippen molar-refractivity contribution in [2.75, 3.05) is 25.0 Å². The Labute approximate surface area is 94.0 Å². The Hall–Kier alpha value is -1.59. The zero-order valence-electron chi connectivity index (χ0n) is 9.26. The first-order chi connectivity index (χ1) is 7.70. The van der Waals surface area contributed by atoms with E-state index in [9.17, 15) is 0 Å². The van der Waals surface area contributed by atoms with E-state index in [1.54, 1.807) is 0 Å². The fraction of sp³-hybridized carbons (Fsp3) is 0.364. The Morgan fingerprint density at radius 3 is 3.06 bits per heavy atom. The second-order valence-corrected chi connectivity index (χ2v) is 3.88. The van der Waals surface area contributed by atoms with Crippen LogP contribution >= 0.6 is 0 Å². The van der Waals surface area contributed by atoms with E-state index in [2.05, 4.69) is 9.88 Å². The first kappa shape index (κ1) is 10.9. The second kappa shape index (κ2) is 4.51. The van der Waals surface area contributed by atoms with Gasteiger partial charge >= 0.3 is 0 Å². The van der Waals surface area contributed by atoms with Crippen LogP contribution in [0.4, 0.5) is 5.69 Å². The summed E-state index contributed by atoms with van der Waals surface area (Å²) in [5, 5.41) is 0. The van der Waals surface area contributed by atoms with Crippen LogP contribution in [0.3, 0.4) is 0 Å². The van der Waals surface area contributed by atoms with Crippen molar-refractivity contribution >= 4 is 16.8 Å². The van der Waals surface area contributed by atoms with E-state index in [0.717, 1.165) is 23.3 Å². The molecule has 86 valence electrons. The lowest BCUT2D eigenvalue weighted by Crippen LogP contribution is -2.40. The van der Waals surface area contributed by atoms with Gasteiger partial charge < -0.3 is 20.8 Å². The fourth-order valence-corrected chi connectivity index (χ4v) is 1.61. The molecule has 0 amide bonds. The van der Waals surface area contributed by atoms with E-state index in [1.165, 1.54) is 6.39 Å². The third-order valence-electron chi connectivity index (χ3n) is 2.57. The summed E-state index contributed by atoms with van der Waals surface area (Å²) in [5.41, 5.74) is 14.0. The van der Waals surface area contributed by atoms with Gasteiger partial charge in [-0.15, -0.1) is 0 Å². The highest BCUT2D eigenvalue weighted by atomic mass is 16.3. The predicted molar refractivity (Wildman–Crippen MR) is 64.3 cm³/mol. The molecule has 0 aliphatic rings. The van der Waals surface area contributed by atoms with Gasteiger partial charge in [0.1, 0.15) is 5.52 Å². The zero-order chi connectivity index (χ0) is 11.5. The van der Waals surface area contributed by atoms with Gasteiger partial charge in [-0.05, 0) is 12.1 Å². The third-order valence-corrected chi connectivity index (χ3v) is 2.57. The van der Waals surface area contributed by atoms with Crippen LogP contribution in [-0.2, 0) is 0 Å². The number of hydrogen-bond donors (Lipinski definition) is 2. The first-order valence-corrected chi connectivity index (χ1v) is 5.20. The molecule has 4 N–H and O–H groups in total. The lowest BCUT2D eigenvalue weighted by atomic mass is 10.2. The van der Waals surface area contributed by atoms with Gasteiger partial charge in [0.25, 0.3) is 0 Å². The molecule has 0 saturated carbocycles. The summed E-state index contributed by atoms with van der Waals surface area (Å²) in [5.74, 6) is 0. The van der Waals surface area contributed by atoms with Gasteiger partial charge in [-0.25, -0.2) is 4.98 Å². The topological polar surface area (TPSA) is 81.3 Å². The predicted octanol–water partition coefficient (Wildman–Crippen LogP) is 0.550. The number of likely N-dealkylation sites (N-methyl/N-ethyl adjacent to an activating group) is 1. The van der Waals surface area contributed by atoms with E-state index in [4.69, 9.17) is 15.9 Å². The van der Waals surface area contributed by atoms with Crippen LogP contribution in [0.2, 0.25) is 0 Å². The maximum absolute atomic E-state index is 5.80. The Kier molecular flexibility index (Phi) is 3.07. The van der Waals surface area contributed by atoms with Crippen LogP contribution in [0.5, 0.6) is 0 Å². The molecular formula is C11H16N4O. The summed E-state index contributed by atoms with van der Waals surface area (Å²) < 4.78 is 5.25. The number of anilines is 1. The van der Waals surface area contributed by atoms with Crippen LogP contribution in [0.25, 0.3) is 11.1 Å². The molecule has 1 aromatic heterocycles. The molecule has 1 atom stereocenters. The zero-order valence-corrected chi connectivity index (χ0v) is 9.26. The summed E-state index contributed by atoms with van der Waals surface area (Å²) >= 11 is 0. The van der Waals surface area contributed by atoms with Crippen molar-refractivity contribution < 1.29 is 4.42 Å². The van der Waals surface area contributed by atoms with Crippen molar-refractivity contribution in [2.45, 2.75) is 6.04 Å². The SMILES string of the molecule is CN(CC(N)CN)c1ccc2ncoc2c1. The molecule has 0 bridgehead atoms.